The average molecular weight is 335 g/mol. The van der Waals surface area contributed by atoms with E-state index in [-0.39, 0.29) is 17.7 Å². The Balaban J connectivity index is 1.57. The summed E-state index contributed by atoms with van der Waals surface area (Å²) in [6, 6.07) is 14.6. The molecule has 0 fully saturated rings. The molecule has 1 aromatic heterocycles. The minimum absolute atomic E-state index is 0.251. The molecule has 0 radical (unpaired) electrons. The summed E-state index contributed by atoms with van der Waals surface area (Å²) >= 11 is 0. The quantitative estimate of drug-likeness (QED) is 0.714. The molecule has 1 heterocycles. The predicted molar refractivity (Wildman–Crippen MR) is 92.6 cm³/mol. The summed E-state index contributed by atoms with van der Waals surface area (Å²) in [7, 11) is 0. The van der Waals surface area contributed by atoms with Crippen LogP contribution in [0.5, 0.6) is 11.8 Å². The Morgan fingerprint density at radius 3 is 2.36 bits per heavy atom. The minimum Gasteiger partial charge on any atom is -0.424 e. The number of carbonyl (C=O) groups excluding carboxylic acids is 1. The highest BCUT2D eigenvalue weighted by atomic mass is 19.1. The molecule has 3 rings (SSSR count). The van der Waals surface area contributed by atoms with Crippen molar-refractivity contribution in [3.05, 3.63) is 84.4 Å². The molecule has 0 unspecified atom stereocenters. The maximum Gasteiger partial charge on any atom is 0.321 e. The lowest BCUT2D eigenvalue weighted by Gasteiger charge is -2.05. The van der Waals surface area contributed by atoms with Crippen LogP contribution in [0.3, 0.4) is 0 Å². The first-order chi connectivity index (χ1) is 12.2. The molecule has 25 heavy (non-hydrogen) atoms. The zero-order valence-corrected chi connectivity index (χ0v) is 13.1. The Morgan fingerprint density at radius 2 is 1.68 bits per heavy atom. The average Bonchev–Trinajstić information content (AvgIpc) is 2.64. The Bertz CT molecular complexity index is 863. The third kappa shape index (κ3) is 4.97. The summed E-state index contributed by atoms with van der Waals surface area (Å²) in [5.41, 5.74) is 1.36. The second-order valence-corrected chi connectivity index (χ2v) is 5.03. The Hall–Kier alpha value is -3.54. The van der Waals surface area contributed by atoms with E-state index >= 15 is 0 Å². The fourth-order valence-electron chi connectivity index (χ4n) is 1.98. The molecule has 0 spiro atoms. The van der Waals surface area contributed by atoms with Gasteiger partial charge in [0.1, 0.15) is 11.6 Å². The topological polar surface area (TPSA) is 64.1 Å². The van der Waals surface area contributed by atoms with Crippen LogP contribution >= 0.6 is 0 Å². The normalized spacial score (nSPS) is 10.6. The summed E-state index contributed by atoms with van der Waals surface area (Å²) in [4.78, 5) is 19.8. The van der Waals surface area contributed by atoms with Gasteiger partial charge in [-0.2, -0.15) is 0 Å². The molecule has 1 amide bonds. The van der Waals surface area contributed by atoms with Crippen LogP contribution in [0, 0.1) is 5.82 Å². The van der Waals surface area contributed by atoms with Crippen molar-refractivity contribution in [3.63, 3.8) is 0 Å². The maximum absolute atomic E-state index is 12.8. The standard InChI is InChI=1S/C19H14FN3O2/c20-15-5-2-14(3-6-15)4-11-18(24)23-16-7-9-17(10-8-16)25-19-21-12-1-13-22-19/h1-13H,(H,23,24)/b11-4+. The molecule has 2 aromatic carbocycles. The number of ether oxygens (including phenoxy) is 1. The highest BCUT2D eigenvalue weighted by Gasteiger charge is 2.01. The van der Waals surface area contributed by atoms with Gasteiger partial charge in [-0.3, -0.25) is 4.79 Å². The smallest absolute Gasteiger partial charge is 0.321 e. The molecule has 0 aliphatic heterocycles. The first kappa shape index (κ1) is 16.3. The lowest BCUT2D eigenvalue weighted by Crippen LogP contribution is -2.07. The van der Waals surface area contributed by atoms with Crippen LogP contribution in [0.25, 0.3) is 6.08 Å². The molecular formula is C19H14FN3O2. The van der Waals surface area contributed by atoms with Gasteiger partial charge in [-0.1, -0.05) is 12.1 Å². The fourth-order valence-corrected chi connectivity index (χ4v) is 1.98. The molecule has 0 bridgehead atoms. The number of nitrogens with one attached hydrogen (secondary N) is 1. The second-order valence-electron chi connectivity index (χ2n) is 5.03. The summed E-state index contributed by atoms with van der Waals surface area (Å²) in [6.45, 7) is 0. The molecule has 5 nitrogen and oxygen atoms in total. The van der Waals surface area contributed by atoms with Gasteiger partial charge in [0.05, 0.1) is 0 Å². The first-order valence-electron chi connectivity index (χ1n) is 7.49. The van der Waals surface area contributed by atoms with Crippen molar-refractivity contribution in [1.82, 2.24) is 9.97 Å². The first-order valence-corrected chi connectivity index (χ1v) is 7.49. The number of rotatable bonds is 5. The molecule has 0 saturated heterocycles. The summed E-state index contributed by atoms with van der Waals surface area (Å²) in [5.74, 6) is -0.0414. The molecule has 6 heteroatoms. The molecule has 0 aliphatic carbocycles. The number of anilines is 1. The number of aromatic nitrogens is 2. The number of hydrogen-bond donors (Lipinski definition) is 1. The van der Waals surface area contributed by atoms with E-state index in [4.69, 9.17) is 4.74 Å². The Kier molecular flexibility index (Phi) is 5.11. The molecule has 0 atom stereocenters. The molecular weight excluding hydrogens is 321 g/mol. The Labute approximate surface area is 143 Å². The van der Waals surface area contributed by atoms with Crippen molar-refractivity contribution in [2.24, 2.45) is 0 Å². The van der Waals surface area contributed by atoms with Crippen molar-refractivity contribution in [2.45, 2.75) is 0 Å². The van der Waals surface area contributed by atoms with Crippen LogP contribution in [0.1, 0.15) is 5.56 Å². The zero-order chi connectivity index (χ0) is 17.5. The molecule has 0 saturated carbocycles. The van der Waals surface area contributed by atoms with Gasteiger partial charge in [-0.15, -0.1) is 0 Å². The van der Waals surface area contributed by atoms with E-state index in [0.717, 1.165) is 5.56 Å². The number of hydrogen-bond acceptors (Lipinski definition) is 4. The van der Waals surface area contributed by atoms with Gasteiger partial charge < -0.3 is 10.1 Å². The lowest BCUT2D eigenvalue weighted by atomic mass is 10.2. The van der Waals surface area contributed by atoms with Gasteiger partial charge in [-0.25, -0.2) is 14.4 Å². The SMILES string of the molecule is O=C(/C=C/c1ccc(F)cc1)Nc1ccc(Oc2ncccn2)cc1. The predicted octanol–water partition coefficient (Wildman–Crippen LogP) is 4.06. The summed E-state index contributed by atoms with van der Waals surface area (Å²) in [6.07, 6.45) is 6.17. The number of nitrogens with zero attached hydrogens (tertiary/aromatic N) is 2. The van der Waals surface area contributed by atoms with Crippen LogP contribution in [0.15, 0.2) is 73.1 Å². The van der Waals surface area contributed by atoms with Crippen molar-refractivity contribution in [2.75, 3.05) is 5.32 Å². The second kappa shape index (κ2) is 7.83. The van der Waals surface area contributed by atoms with Crippen molar-refractivity contribution in [1.29, 1.82) is 0 Å². The highest BCUT2D eigenvalue weighted by Crippen LogP contribution is 2.19. The number of halogens is 1. The van der Waals surface area contributed by atoms with Gasteiger partial charge in [0.2, 0.25) is 5.91 Å². The zero-order valence-electron chi connectivity index (χ0n) is 13.1. The van der Waals surface area contributed by atoms with E-state index in [1.165, 1.54) is 18.2 Å². The van der Waals surface area contributed by atoms with Gasteiger partial charge in [0.25, 0.3) is 0 Å². The maximum atomic E-state index is 12.8. The van der Waals surface area contributed by atoms with E-state index in [0.29, 0.717) is 11.4 Å². The van der Waals surface area contributed by atoms with Crippen LogP contribution in [0.4, 0.5) is 10.1 Å². The minimum atomic E-state index is -0.315. The molecule has 1 N–H and O–H groups in total. The van der Waals surface area contributed by atoms with Gasteiger partial charge >= 0.3 is 6.01 Å². The van der Waals surface area contributed by atoms with E-state index in [1.807, 2.05) is 0 Å². The highest BCUT2D eigenvalue weighted by molar-refractivity contribution is 6.01. The number of amides is 1. The van der Waals surface area contributed by atoms with E-state index < -0.39 is 0 Å². The molecule has 3 aromatic rings. The number of carbonyl (C=O) groups is 1. The van der Waals surface area contributed by atoms with Crippen molar-refractivity contribution < 1.29 is 13.9 Å². The van der Waals surface area contributed by atoms with Crippen LogP contribution in [0.2, 0.25) is 0 Å². The van der Waals surface area contributed by atoms with Crippen molar-refractivity contribution in [3.8, 4) is 11.8 Å². The van der Waals surface area contributed by atoms with E-state index in [2.05, 4.69) is 15.3 Å². The van der Waals surface area contributed by atoms with Crippen LogP contribution in [-0.4, -0.2) is 15.9 Å². The molecule has 124 valence electrons. The largest absolute Gasteiger partial charge is 0.424 e. The monoisotopic (exact) mass is 335 g/mol. The fraction of sp³-hybridized carbons (Fsp3) is 0. The van der Waals surface area contributed by atoms with Crippen molar-refractivity contribution >= 4 is 17.7 Å². The van der Waals surface area contributed by atoms with Crippen LogP contribution in [-0.2, 0) is 4.79 Å². The van der Waals surface area contributed by atoms with Gasteiger partial charge in [0, 0.05) is 24.2 Å². The van der Waals surface area contributed by atoms with Gasteiger partial charge in [-0.05, 0) is 54.1 Å². The summed E-state index contributed by atoms with van der Waals surface area (Å²) < 4.78 is 18.3. The van der Waals surface area contributed by atoms with Gasteiger partial charge in [0.15, 0.2) is 0 Å². The number of benzene rings is 2. The van der Waals surface area contributed by atoms with Crippen LogP contribution < -0.4 is 10.1 Å². The third-order valence-electron chi connectivity index (χ3n) is 3.17. The molecule has 0 aliphatic rings. The third-order valence-corrected chi connectivity index (χ3v) is 3.17. The Morgan fingerprint density at radius 1 is 1.00 bits per heavy atom. The van der Waals surface area contributed by atoms with E-state index in [9.17, 15) is 9.18 Å². The summed E-state index contributed by atoms with van der Waals surface area (Å²) in [5, 5.41) is 2.73. The lowest BCUT2D eigenvalue weighted by molar-refractivity contribution is -0.111. The van der Waals surface area contributed by atoms with E-state index in [1.54, 1.807) is 60.9 Å².